The van der Waals surface area contributed by atoms with Gasteiger partial charge in [-0.3, -0.25) is 4.79 Å². The number of aromatic nitrogens is 2. The summed E-state index contributed by atoms with van der Waals surface area (Å²) in [5.74, 6) is 0.741. The van der Waals surface area contributed by atoms with E-state index in [1.54, 1.807) is 6.07 Å². The number of carbonyl (C=O) groups excluding carboxylic acids is 1. The Morgan fingerprint density at radius 1 is 1.21 bits per heavy atom. The minimum absolute atomic E-state index is 0.0231. The number of hydrogen-bond acceptors (Lipinski definition) is 4. The highest BCUT2D eigenvalue weighted by Crippen LogP contribution is 2.45. The van der Waals surface area contributed by atoms with Gasteiger partial charge in [0.25, 0.3) is 0 Å². The number of halogens is 3. The van der Waals surface area contributed by atoms with E-state index in [2.05, 4.69) is 15.5 Å². The van der Waals surface area contributed by atoms with E-state index in [0.29, 0.717) is 24.2 Å². The Labute approximate surface area is 160 Å². The highest BCUT2D eigenvalue weighted by Gasteiger charge is 2.41. The summed E-state index contributed by atoms with van der Waals surface area (Å²) >= 11 is 0. The molecule has 0 saturated heterocycles. The highest BCUT2D eigenvalue weighted by molar-refractivity contribution is 5.80. The molecule has 1 aromatic heterocycles. The molecule has 1 amide bonds. The Morgan fingerprint density at radius 3 is 2.64 bits per heavy atom. The summed E-state index contributed by atoms with van der Waals surface area (Å²) in [5, 5.41) is 6.87. The van der Waals surface area contributed by atoms with Crippen molar-refractivity contribution in [3.8, 4) is 0 Å². The molecule has 0 radical (unpaired) electrons. The summed E-state index contributed by atoms with van der Waals surface area (Å²) in [6.07, 6.45) is 1.55. The predicted molar refractivity (Wildman–Crippen MR) is 94.2 cm³/mol. The lowest BCUT2D eigenvalue weighted by Crippen LogP contribution is -2.32. The van der Waals surface area contributed by atoms with Gasteiger partial charge in [0, 0.05) is 5.92 Å². The van der Waals surface area contributed by atoms with Crippen molar-refractivity contribution in [1.82, 2.24) is 15.5 Å². The summed E-state index contributed by atoms with van der Waals surface area (Å²) in [4.78, 5) is 16.2. The molecule has 28 heavy (non-hydrogen) atoms. The van der Waals surface area contributed by atoms with E-state index < -0.39 is 17.2 Å². The zero-order chi connectivity index (χ0) is 19.8. The minimum atomic E-state index is -4.40. The monoisotopic (exact) mass is 393 g/mol. The van der Waals surface area contributed by atoms with Gasteiger partial charge in [-0.25, -0.2) is 0 Å². The maximum atomic E-state index is 13.2. The molecule has 2 aromatic rings. The molecule has 1 aromatic carbocycles. The van der Waals surface area contributed by atoms with Crippen LogP contribution in [-0.4, -0.2) is 16.0 Å². The maximum Gasteiger partial charge on any atom is 0.416 e. The van der Waals surface area contributed by atoms with Gasteiger partial charge >= 0.3 is 6.18 Å². The average molecular weight is 393 g/mol. The lowest BCUT2D eigenvalue weighted by atomic mass is 9.68. The number of rotatable bonds is 5. The fraction of sp³-hybridized carbons (Fsp3) is 0.550. The van der Waals surface area contributed by atoms with Crippen LogP contribution in [0.15, 0.2) is 28.8 Å². The zero-order valence-corrected chi connectivity index (χ0v) is 15.4. The Morgan fingerprint density at radius 2 is 1.96 bits per heavy atom. The summed E-state index contributed by atoms with van der Waals surface area (Å²) < 4.78 is 45.0. The first-order valence-electron chi connectivity index (χ1n) is 9.67. The summed E-state index contributed by atoms with van der Waals surface area (Å²) in [7, 11) is 0. The molecule has 4 rings (SSSR count). The second-order valence-corrected chi connectivity index (χ2v) is 7.73. The Hall–Kier alpha value is -2.38. The Bertz CT molecular complexity index is 852. The van der Waals surface area contributed by atoms with Crippen LogP contribution in [0.4, 0.5) is 13.2 Å². The highest BCUT2D eigenvalue weighted by atomic mass is 19.4. The van der Waals surface area contributed by atoms with Crippen LogP contribution in [0.2, 0.25) is 0 Å². The number of nitrogens with one attached hydrogen (secondary N) is 1. The Balaban J connectivity index is 1.62. The molecule has 150 valence electrons. The van der Waals surface area contributed by atoms with Gasteiger partial charge in [-0.2, -0.15) is 18.2 Å². The number of amides is 1. The first kappa shape index (κ1) is 19.0. The van der Waals surface area contributed by atoms with Gasteiger partial charge in [0.2, 0.25) is 11.8 Å². The third-order valence-corrected chi connectivity index (χ3v) is 5.71. The topological polar surface area (TPSA) is 68.0 Å². The maximum absolute atomic E-state index is 13.2. The molecular formula is C20H22F3N3O2. The molecule has 0 unspecified atom stereocenters. The van der Waals surface area contributed by atoms with Crippen molar-refractivity contribution in [1.29, 1.82) is 0 Å². The van der Waals surface area contributed by atoms with Crippen LogP contribution in [0.25, 0.3) is 0 Å². The molecular weight excluding hydrogens is 371 g/mol. The summed E-state index contributed by atoms with van der Waals surface area (Å²) in [6.45, 7) is 0.140. The van der Waals surface area contributed by atoms with Crippen molar-refractivity contribution in [2.45, 2.75) is 63.1 Å². The van der Waals surface area contributed by atoms with Crippen molar-refractivity contribution in [2.75, 3.05) is 0 Å². The molecule has 0 aliphatic heterocycles. The molecule has 1 heterocycles. The van der Waals surface area contributed by atoms with E-state index in [4.69, 9.17) is 4.52 Å². The molecule has 2 saturated carbocycles. The van der Waals surface area contributed by atoms with Crippen molar-refractivity contribution in [2.24, 2.45) is 5.92 Å². The van der Waals surface area contributed by atoms with Gasteiger partial charge in [-0.1, -0.05) is 42.6 Å². The van der Waals surface area contributed by atoms with Crippen molar-refractivity contribution in [3.05, 3.63) is 47.1 Å². The van der Waals surface area contributed by atoms with Crippen LogP contribution < -0.4 is 5.32 Å². The number of benzene rings is 1. The molecule has 0 bridgehead atoms. The second kappa shape index (κ2) is 7.22. The van der Waals surface area contributed by atoms with Gasteiger partial charge in [-0.05, 0) is 37.3 Å². The lowest BCUT2D eigenvalue weighted by molar-refractivity contribution is -0.137. The molecule has 5 nitrogen and oxygen atoms in total. The van der Waals surface area contributed by atoms with Crippen molar-refractivity contribution in [3.63, 3.8) is 0 Å². The van der Waals surface area contributed by atoms with E-state index in [0.717, 1.165) is 38.2 Å². The van der Waals surface area contributed by atoms with Crippen LogP contribution in [0, 0.1) is 5.92 Å². The largest absolute Gasteiger partial charge is 0.416 e. The molecule has 8 heteroatoms. The van der Waals surface area contributed by atoms with Crippen LogP contribution in [-0.2, 0) is 22.9 Å². The average Bonchev–Trinajstić information content (AvgIpc) is 3.44. The molecule has 2 fully saturated rings. The number of hydrogen-bond donors (Lipinski definition) is 1. The van der Waals surface area contributed by atoms with E-state index in [1.165, 1.54) is 12.1 Å². The predicted octanol–water partition coefficient (Wildman–Crippen LogP) is 4.36. The third-order valence-electron chi connectivity index (χ3n) is 5.71. The summed E-state index contributed by atoms with van der Waals surface area (Å²) in [5.41, 5.74) is -0.798. The first-order valence-corrected chi connectivity index (χ1v) is 9.67. The van der Waals surface area contributed by atoms with Gasteiger partial charge in [0.05, 0.1) is 17.5 Å². The van der Waals surface area contributed by atoms with Crippen LogP contribution in [0.1, 0.15) is 67.8 Å². The zero-order valence-electron chi connectivity index (χ0n) is 15.4. The molecule has 2 aliphatic rings. The quantitative estimate of drug-likeness (QED) is 0.819. The number of alkyl halides is 3. The molecule has 2 aliphatic carbocycles. The Kier molecular flexibility index (Phi) is 4.89. The number of carbonyl (C=O) groups is 1. The van der Waals surface area contributed by atoms with Gasteiger partial charge in [-0.15, -0.1) is 0 Å². The van der Waals surface area contributed by atoms with E-state index >= 15 is 0 Å². The minimum Gasteiger partial charge on any atom is -0.347 e. The smallest absolute Gasteiger partial charge is 0.347 e. The third kappa shape index (κ3) is 3.77. The summed E-state index contributed by atoms with van der Waals surface area (Å²) in [6, 6.07) is 5.43. The second-order valence-electron chi connectivity index (χ2n) is 7.73. The first-order chi connectivity index (χ1) is 13.4. The van der Waals surface area contributed by atoms with E-state index in [9.17, 15) is 18.0 Å². The molecule has 0 spiro atoms. The van der Waals surface area contributed by atoms with E-state index in [1.807, 2.05) is 0 Å². The fourth-order valence-corrected chi connectivity index (χ4v) is 3.96. The van der Waals surface area contributed by atoms with Gasteiger partial charge in [0.15, 0.2) is 5.82 Å². The van der Waals surface area contributed by atoms with Crippen LogP contribution in [0.5, 0.6) is 0 Å². The number of nitrogens with zero attached hydrogens (tertiary/aromatic N) is 2. The van der Waals surface area contributed by atoms with Crippen molar-refractivity contribution < 1.29 is 22.5 Å². The van der Waals surface area contributed by atoms with Crippen LogP contribution in [0.3, 0.4) is 0 Å². The molecule has 1 N–H and O–H groups in total. The fourth-order valence-electron chi connectivity index (χ4n) is 3.96. The normalized spacial score (nSPS) is 19.4. The van der Waals surface area contributed by atoms with Gasteiger partial charge in [0.1, 0.15) is 0 Å². The van der Waals surface area contributed by atoms with Gasteiger partial charge < -0.3 is 9.84 Å². The standard InChI is InChI=1S/C20H22F3N3O2/c21-20(22,23)15-6-4-5-14(11-15)19(9-2-1-3-10-19)18-25-16(28-26-18)12-24-17(27)13-7-8-13/h4-6,11,13H,1-3,7-10,12H2,(H,24,27). The van der Waals surface area contributed by atoms with Crippen molar-refractivity contribution >= 4 is 5.91 Å². The lowest BCUT2D eigenvalue weighted by Gasteiger charge is -2.35. The van der Waals surface area contributed by atoms with E-state index in [-0.39, 0.29) is 24.3 Å². The SMILES string of the molecule is O=C(NCc1nc(C2(c3cccc(C(F)(F)F)c3)CCCCC2)no1)C1CC1. The van der Waals surface area contributed by atoms with Crippen LogP contribution >= 0.6 is 0 Å². The molecule has 0 atom stereocenters.